The lowest BCUT2D eigenvalue weighted by Gasteiger charge is -2.32. The van der Waals surface area contributed by atoms with Crippen molar-refractivity contribution in [1.29, 1.82) is 0 Å². The minimum absolute atomic E-state index is 0.238. The Balaban J connectivity index is 1.68. The number of para-hydroxylation sites is 1. The quantitative estimate of drug-likeness (QED) is 0.322. The highest BCUT2D eigenvalue weighted by Crippen LogP contribution is 2.40. The molecule has 0 unspecified atom stereocenters. The Labute approximate surface area is 173 Å². The van der Waals surface area contributed by atoms with Crippen molar-refractivity contribution in [2.24, 2.45) is 5.41 Å². The Morgan fingerprint density at radius 2 is 1.90 bits per heavy atom. The van der Waals surface area contributed by atoms with Gasteiger partial charge in [0.1, 0.15) is 11.4 Å². The van der Waals surface area contributed by atoms with Crippen molar-refractivity contribution in [3.63, 3.8) is 0 Å². The summed E-state index contributed by atoms with van der Waals surface area (Å²) < 4.78 is 5.32. The lowest BCUT2D eigenvalue weighted by Crippen LogP contribution is -2.19. The lowest BCUT2D eigenvalue weighted by molar-refractivity contribution is 0.0728. The Morgan fingerprint density at radius 3 is 2.55 bits per heavy atom. The fourth-order valence-corrected chi connectivity index (χ4v) is 3.80. The van der Waals surface area contributed by atoms with Gasteiger partial charge >= 0.3 is 5.97 Å². The number of allylic oxidation sites excluding steroid dienone is 5. The maximum absolute atomic E-state index is 12.2. The molecule has 0 aliphatic heterocycles. The number of rotatable bonds is 5. The van der Waals surface area contributed by atoms with Crippen molar-refractivity contribution in [2.75, 3.05) is 0 Å². The number of carbonyl (C=O) groups excluding carboxylic acids is 1. The van der Waals surface area contributed by atoms with Gasteiger partial charge in [-0.3, -0.25) is 0 Å². The summed E-state index contributed by atoms with van der Waals surface area (Å²) in [5.41, 5.74) is 5.58. The van der Waals surface area contributed by atoms with E-state index in [1.807, 2.05) is 24.3 Å². The highest BCUT2D eigenvalue weighted by atomic mass is 16.5. The minimum atomic E-state index is -0.453. The maximum Gasteiger partial charge on any atom is 0.362 e. The van der Waals surface area contributed by atoms with Gasteiger partial charge in [0.25, 0.3) is 0 Å². The van der Waals surface area contributed by atoms with Crippen LogP contribution in [0, 0.1) is 5.41 Å². The largest absolute Gasteiger partial charge is 0.422 e. The molecule has 1 aromatic carbocycles. The molecule has 0 amide bonds. The summed E-state index contributed by atoms with van der Waals surface area (Å²) in [4.78, 5) is 16.5. The highest BCUT2D eigenvalue weighted by Gasteiger charge is 2.26. The Hall–Kier alpha value is -2.94. The lowest BCUT2D eigenvalue weighted by atomic mass is 9.72. The van der Waals surface area contributed by atoms with Crippen LogP contribution in [0.3, 0.4) is 0 Å². The Morgan fingerprint density at radius 1 is 1.14 bits per heavy atom. The third kappa shape index (κ3) is 5.54. The number of hydrogen-bond acceptors (Lipinski definition) is 3. The van der Waals surface area contributed by atoms with Gasteiger partial charge in [0, 0.05) is 6.20 Å². The van der Waals surface area contributed by atoms with Crippen LogP contribution < -0.4 is 4.74 Å². The van der Waals surface area contributed by atoms with Crippen molar-refractivity contribution in [3.8, 4) is 5.75 Å². The van der Waals surface area contributed by atoms with Crippen LogP contribution in [0.1, 0.15) is 63.0 Å². The van der Waals surface area contributed by atoms with Crippen LogP contribution in [0.4, 0.5) is 0 Å². The molecular weight excluding hydrogens is 358 g/mol. The van der Waals surface area contributed by atoms with Crippen LogP contribution in [0.5, 0.6) is 5.75 Å². The average Bonchev–Trinajstić information content (AvgIpc) is 2.68. The molecule has 0 fully saturated rings. The number of nitrogens with zero attached hydrogens (tertiary/aromatic N) is 1. The van der Waals surface area contributed by atoms with Crippen molar-refractivity contribution in [3.05, 3.63) is 88.8 Å². The van der Waals surface area contributed by atoms with E-state index in [1.54, 1.807) is 24.4 Å². The average molecular weight is 388 g/mol. The standard InChI is InChI=1S/C26H29NO2/c1-19(12-14-23-20(2)9-8-16-26(23,3)4)17-21-13-15-24(27-18-21)25(28)29-22-10-6-5-7-11-22/h5-7,10-15,17-18H,8-9,16H2,1-4H3. The van der Waals surface area contributed by atoms with E-state index in [0.29, 0.717) is 11.4 Å². The number of hydrogen-bond donors (Lipinski definition) is 0. The van der Waals surface area contributed by atoms with E-state index < -0.39 is 5.97 Å². The van der Waals surface area contributed by atoms with Crippen LogP contribution in [0.2, 0.25) is 0 Å². The van der Waals surface area contributed by atoms with Gasteiger partial charge in [-0.25, -0.2) is 9.78 Å². The molecule has 1 aliphatic carbocycles. The summed E-state index contributed by atoms with van der Waals surface area (Å²) in [6.07, 6.45) is 11.9. The number of carbonyl (C=O) groups is 1. The molecule has 29 heavy (non-hydrogen) atoms. The molecule has 0 N–H and O–H groups in total. The number of aromatic nitrogens is 1. The van der Waals surface area contributed by atoms with Crippen molar-refractivity contribution < 1.29 is 9.53 Å². The molecule has 0 saturated carbocycles. The number of esters is 1. The molecule has 3 nitrogen and oxygen atoms in total. The monoisotopic (exact) mass is 387 g/mol. The van der Waals surface area contributed by atoms with Gasteiger partial charge < -0.3 is 4.74 Å². The van der Waals surface area contributed by atoms with Crippen molar-refractivity contribution in [1.82, 2.24) is 4.98 Å². The molecule has 0 bridgehead atoms. The number of pyridine rings is 1. The topological polar surface area (TPSA) is 39.2 Å². The van der Waals surface area contributed by atoms with Crippen LogP contribution in [-0.4, -0.2) is 11.0 Å². The molecule has 150 valence electrons. The summed E-state index contributed by atoms with van der Waals surface area (Å²) in [5.74, 6) is 0.0600. The summed E-state index contributed by atoms with van der Waals surface area (Å²) in [6, 6.07) is 12.6. The summed E-state index contributed by atoms with van der Waals surface area (Å²) in [5, 5.41) is 0. The van der Waals surface area contributed by atoms with E-state index in [-0.39, 0.29) is 5.41 Å². The highest BCUT2D eigenvalue weighted by molar-refractivity contribution is 5.89. The summed E-state index contributed by atoms with van der Waals surface area (Å²) in [6.45, 7) is 8.98. The van der Waals surface area contributed by atoms with E-state index in [0.717, 1.165) is 11.1 Å². The van der Waals surface area contributed by atoms with Crippen LogP contribution >= 0.6 is 0 Å². The van der Waals surface area contributed by atoms with Gasteiger partial charge in [-0.15, -0.1) is 0 Å². The summed E-state index contributed by atoms with van der Waals surface area (Å²) in [7, 11) is 0. The van der Waals surface area contributed by atoms with Crippen LogP contribution in [0.25, 0.3) is 6.08 Å². The van der Waals surface area contributed by atoms with Crippen LogP contribution in [0.15, 0.2) is 77.5 Å². The molecule has 0 saturated heterocycles. The zero-order chi connectivity index (χ0) is 20.9. The predicted octanol–water partition coefficient (Wildman–Crippen LogP) is 6.79. The predicted molar refractivity (Wildman–Crippen MR) is 119 cm³/mol. The molecule has 2 aromatic rings. The minimum Gasteiger partial charge on any atom is -0.422 e. The molecule has 0 atom stereocenters. The van der Waals surface area contributed by atoms with Gasteiger partial charge in [0.05, 0.1) is 0 Å². The van der Waals surface area contributed by atoms with E-state index in [1.165, 1.54) is 30.4 Å². The summed E-state index contributed by atoms with van der Waals surface area (Å²) >= 11 is 0. The molecular formula is C26H29NO2. The smallest absolute Gasteiger partial charge is 0.362 e. The SMILES string of the molecule is CC(C=CC1=C(C)CCCC1(C)C)=Cc1ccc(C(=O)Oc2ccccc2)nc1. The first kappa shape index (κ1) is 20.8. The zero-order valence-electron chi connectivity index (χ0n) is 17.7. The van der Waals surface area contributed by atoms with Gasteiger partial charge in [-0.05, 0) is 67.9 Å². The third-order valence-electron chi connectivity index (χ3n) is 5.40. The van der Waals surface area contributed by atoms with Crippen LogP contribution in [-0.2, 0) is 0 Å². The molecule has 3 rings (SSSR count). The first-order valence-electron chi connectivity index (χ1n) is 10.1. The number of ether oxygens (including phenoxy) is 1. The molecule has 1 aromatic heterocycles. The first-order valence-corrected chi connectivity index (χ1v) is 10.1. The molecule has 3 heteroatoms. The fourth-order valence-electron chi connectivity index (χ4n) is 3.80. The van der Waals surface area contributed by atoms with E-state index in [4.69, 9.17) is 4.74 Å². The second kappa shape index (κ2) is 9.04. The fraction of sp³-hybridized carbons (Fsp3) is 0.308. The van der Waals surface area contributed by atoms with E-state index in [9.17, 15) is 4.79 Å². The Bertz CT molecular complexity index is 948. The van der Waals surface area contributed by atoms with Gasteiger partial charge in [0.15, 0.2) is 0 Å². The molecule has 0 spiro atoms. The van der Waals surface area contributed by atoms with Crippen molar-refractivity contribution in [2.45, 2.75) is 47.0 Å². The second-order valence-electron chi connectivity index (χ2n) is 8.33. The van der Waals surface area contributed by atoms with Crippen molar-refractivity contribution >= 4 is 12.0 Å². The second-order valence-corrected chi connectivity index (χ2v) is 8.33. The normalized spacial score (nSPS) is 16.9. The molecule has 1 heterocycles. The van der Waals surface area contributed by atoms with Gasteiger partial charge in [-0.1, -0.05) is 67.5 Å². The third-order valence-corrected chi connectivity index (χ3v) is 5.40. The van der Waals surface area contributed by atoms with Gasteiger partial charge in [-0.2, -0.15) is 0 Å². The molecule has 1 aliphatic rings. The van der Waals surface area contributed by atoms with E-state index >= 15 is 0 Å². The maximum atomic E-state index is 12.2. The molecule has 0 radical (unpaired) electrons. The first-order chi connectivity index (χ1) is 13.8. The zero-order valence-corrected chi connectivity index (χ0v) is 17.7. The van der Waals surface area contributed by atoms with E-state index in [2.05, 4.69) is 50.9 Å². The number of benzene rings is 1. The Kier molecular flexibility index (Phi) is 6.48. The van der Waals surface area contributed by atoms with Gasteiger partial charge in [0.2, 0.25) is 0 Å².